The first-order chi connectivity index (χ1) is 16.9. The summed E-state index contributed by atoms with van der Waals surface area (Å²) in [5.74, 6) is 1.40. The maximum atomic E-state index is 12.3. The predicted octanol–water partition coefficient (Wildman–Crippen LogP) is 3.86. The number of hydrogen-bond donors (Lipinski definition) is 1. The molecule has 2 aromatic carbocycles. The Balaban J connectivity index is 1.43. The van der Waals surface area contributed by atoms with Gasteiger partial charge in [-0.25, -0.2) is 0 Å². The molecule has 5 rings (SSSR count). The first-order valence-corrected chi connectivity index (χ1v) is 12.0. The predicted molar refractivity (Wildman–Crippen MR) is 129 cm³/mol. The van der Waals surface area contributed by atoms with Crippen LogP contribution in [0.2, 0.25) is 0 Å². The van der Waals surface area contributed by atoms with E-state index in [2.05, 4.69) is 22.3 Å². The molecule has 8 nitrogen and oxygen atoms in total. The van der Waals surface area contributed by atoms with Gasteiger partial charge in [0.25, 0.3) is 5.89 Å². The summed E-state index contributed by atoms with van der Waals surface area (Å²) in [6.45, 7) is 5.11. The van der Waals surface area contributed by atoms with Crippen molar-refractivity contribution >= 4 is 5.91 Å². The highest BCUT2D eigenvalue weighted by atomic mass is 16.5. The van der Waals surface area contributed by atoms with Gasteiger partial charge in [-0.15, -0.1) is 0 Å². The zero-order chi connectivity index (χ0) is 24.6. The van der Waals surface area contributed by atoms with E-state index in [1.165, 1.54) is 11.1 Å². The van der Waals surface area contributed by atoms with E-state index in [1.807, 2.05) is 36.9 Å². The van der Waals surface area contributed by atoms with Gasteiger partial charge in [0.05, 0.1) is 18.3 Å². The Hall–Kier alpha value is -3.70. The standard InChI is InChI=1S/C27H28N4O4/c1-17(2)34-23-7-6-18(14-19(23)15-28)26-29-25(30-35-26)21-4-3-5-22-20(21)8-10-27(22)11-12-31(16-27)24(33)9-13-32/h3-7,14,17,32H,8-13,16H2,1-2H3. The summed E-state index contributed by atoms with van der Waals surface area (Å²) in [5, 5.41) is 22.9. The average molecular weight is 473 g/mol. The molecular weight excluding hydrogens is 444 g/mol. The molecule has 8 heteroatoms. The second-order valence-electron chi connectivity index (χ2n) is 9.56. The quantitative estimate of drug-likeness (QED) is 0.580. The summed E-state index contributed by atoms with van der Waals surface area (Å²) in [4.78, 5) is 18.9. The highest BCUT2D eigenvalue weighted by Gasteiger charge is 2.46. The van der Waals surface area contributed by atoms with Crippen LogP contribution in [0.1, 0.15) is 49.8 Å². The molecule has 1 fully saturated rings. The normalized spacial score (nSPS) is 18.8. The van der Waals surface area contributed by atoms with Crippen LogP contribution in [0.3, 0.4) is 0 Å². The van der Waals surface area contributed by atoms with Gasteiger partial charge in [-0.2, -0.15) is 10.2 Å². The van der Waals surface area contributed by atoms with E-state index in [9.17, 15) is 10.1 Å². The van der Waals surface area contributed by atoms with Crippen molar-refractivity contribution in [1.82, 2.24) is 15.0 Å². The summed E-state index contributed by atoms with van der Waals surface area (Å²) >= 11 is 0. The highest BCUT2D eigenvalue weighted by Crippen LogP contribution is 2.48. The summed E-state index contributed by atoms with van der Waals surface area (Å²) in [5.41, 5.74) is 4.41. The van der Waals surface area contributed by atoms with Gasteiger partial charge < -0.3 is 19.3 Å². The zero-order valence-electron chi connectivity index (χ0n) is 20.0. The number of nitriles is 1. The minimum absolute atomic E-state index is 0.0124. The number of ether oxygens (including phenoxy) is 1. The summed E-state index contributed by atoms with van der Waals surface area (Å²) in [7, 11) is 0. The smallest absolute Gasteiger partial charge is 0.258 e. The topological polar surface area (TPSA) is 112 Å². The van der Waals surface area contributed by atoms with Crippen LogP contribution in [-0.4, -0.2) is 51.9 Å². The van der Waals surface area contributed by atoms with Gasteiger partial charge in [0, 0.05) is 36.1 Å². The molecule has 0 radical (unpaired) electrons. The van der Waals surface area contributed by atoms with Gasteiger partial charge >= 0.3 is 0 Å². The number of aliphatic hydroxyl groups excluding tert-OH is 1. The molecule has 1 spiro atoms. The second kappa shape index (κ2) is 9.16. The molecule has 1 aromatic heterocycles. The van der Waals surface area contributed by atoms with Crippen molar-refractivity contribution in [2.75, 3.05) is 19.7 Å². The van der Waals surface area contributed by atoms with Crippen LogP contribution < -0.4 is 4.74 Å². The number of nitrogens with zero attached hydrogens (tertiary/aromatic N) is 4. The molecule has 3 aromatic rings. The maximum Gasteiger partial charge on any atom is 0.258 e. The molecule has 2 aliphatic rings. The highest BCUT2D eigenvalue weighted by molar-refractivity contribution is 5.77. The first-order valence-electron chi connectivity index (χ1n) is 12.0. The van der Waals surface area contributed by atoms with Crippen LogP contribution in [0.4, 0.5) is 0 Å². The van der Waals surface area contributed by atoms with Gasteiger partial charge in [-0.05, 0) is 62.4 Å². The largest absolute Gasteiger partial charge is 0.490 e. The minimum atomic E-state index is -0.118. The Kier molecular flexibility index (Phi) is 6.03. The lowest BCUT2D eigenvalue weighted by molar-refractivity contribution is -0.131. The molecule has 35 heavy (non-hydrogen) atoms. The number of hydrogen-bond acceptors (Lipinski definition) is 7. The molecule has 0 saturated carbocycles. The monoisotopic (exact) mass is 472 g/mol. The third kappa shape index (κ3) is 4.17. The number of aromatic nitrogens is 2. The van der Waals surface area contributed by atoms with E-state index in [-0.39, 0.29) is 30.5 Å². The van der Waals surface area contributed by atoms with Crippen molar-refractivity contribution in [3.8, 4) is 34.7 Å². The molecule has 2 heterocycles. The number of rotatable bonds is 6. The van der Waals surface area contributed by atoms with Crippen molar-refractivity contribution in [3.05, 3.63) is 53.1 Å². The van der Waals surface area contributed by atoms with Gasteiger partial charge in [0.1, 0.15) is 11.8 Å². The van der Waals surface area contributed by atoms with E-state index in [0.717, 1.165) is 24.8 Å². The Bertz CT molecular complexity index is 1310. The lowest BCUT2D eigenvalue weighted by atomic mass is 9.81. The van der Waals surface area contributed by atoms with Crippen LogP contribution in [-0.2, 0) is 16.6 Å². The summed E-state index contributed by atoms with van der Waals surface area (Å²) in [6, 6.07) is 13.6. The fourth-order valence-electron chi connectivity index (χ4n) is 5.38. The molecule has 1 saturated heterocycles. The van der Waals surface area contributed by atoms with Crippen LogP contribution in [0.15, 0.2) is 40.9 Å². The van der Waals surface area contributed by atoms with Gasteiger partial charge in [-0.3, -0.25) is 4.79 Å². The van der Waals surface area contributed by atoms with Crippen LogP contribution in [0, 0.1) is 11.3 Å². The molecule has 0 bridgehead atoms. The maximum absolute atomic E-state index is 12.3. The fourth-order valence-corrected chi connectivity index (χ4v) is 5.38. The molecule has 1 atom stereocenters. The van der Waals surface area contributed by atoms with E-state index >= 15 is 0 Å². The number of aliphatic hydroxyl groups is 1. The number of likely N-dealkylation sites (tertiary alicyclic amines) is 1. The van der Waals surface area contributed by atoms with Crippen molar-refractivity contribution in [3.63, 3.8) is 0 Å². The number of benzene rings is 2. The van der Waals surface area contributed by atoms with E-state index in [0.29, 0.717) is 41.7 Å². The fraction of sp³-hybridized carbons (Fsp3) is 0.407. The minimum Gasteiger partial charge on any atom is -0.490 e. The van der Waals surface area contributed by atoms with E-state index < -0.39 is 0 Å². The Morgan fingerprint density at radius 2 is 2.17 bits per heavy atom. The molecule has 1 amide bonds. The third-order valence-electron chi connectivity index (χ3n) is 7.01. The SMILES string of the molecule is CC(C)Oc1ccc(-c2nc(-c3cccc4c3CCC43CCN(C(=O)CCO)C3)no2)cc1C#N. The number of amides is 1. The second-order valence-corrected chi connectivity index (χ2v) is 9.56. The molecule has 1 aliphatic heterocycles. The molecule has 1 unspecified atom stereocenters. The van der Waals surface area contributed by atoms with Crippen molar-refractivity contribution in [1.29, 1.82) is 5.26 Å². The first kappa shape index (κ1) is 23.1. The van der Waals surface area contributed by atoms with Crippen molar-refractivity contribution in [2.45, 2.75) is 51.0 Å². The molecule has 1 aliphatic carbocycles. The lowest BCUT2D eigenvalue weighted by Gasteiger charge is -2.25. The van der Waals surface area contributed by atoms with Crippen LogP contribution in [0.5, 0.6) is 5.75 Å². The number of carbonyl (C=O) groups is 1. The number of fused-ring (bicyclic) bond motifs is 2. The zero-order valence-corrected chi connectivity index (χ0v) is 20.0. The summed E-state index contributed by atoms with van der Waals surface area (Å²) < 4.78 is 11.3. The molecule has 180 valence electrons. The lowest BCUT2D eigenvalue weighted by Crippen LogP contribution is -2.33. The van der Waals surface area contributed by atoms with E-state index in [1.54, 1.807) is 12.1 Å². The van der Waals surface area contributed by atoms with Crippen molar-refractivity contribution < 1.29 is 19.2 Å². The molecule has 1 N–H and O–H groups in total. The average Bonchev–Trinajstić information content (AvgIpc) is 3.59. The summed E-state index contributed by atoms with van der Waals surface area (Å²) in [6.07, 6.45) is 2.91. The Labute approximate surface area is 204 Å². The van der Waals surface area contributed by atoms with Gasteiger partial charge in [0.2, 0.25) is 11.7 Å². The van der Waals surface area contributed by atoms with Crippen LogP contribution in [0.25, 0.3) is 22.8 Å². The van der Waals surface area contributed by atoms with Gasteiger partial charge in [0.15, 0.2) is 0 Å². The Morgan fingerprint density at radius 1 is 1.31 bits per heavy atom. The van der Waals surface area contributed by atoms with E-state index in [4.69, 9.17) is 14.4 Å². The third-order valence-corrected chi connectivity index (χ3v) is 7.01. The van der Waals surface area contributed by atoms with Crippen molar-refractivity contribution in [2.24, 2.45) is 0 Å². The number of carbonyl (C=O) groups excluding carboxylic acids is 1. The van der Waals surface area contributed by atoms with Crippen LogP contribution >= 0.6 is 0 Å². The Morgan fingerprint density at radius 3 is 2.94 bits per heavy atom. The molecular formula is C27H28N4O4. The van der Waals surface area contributed by atoms with Gasteiger partial charge in [-0.1, -0.05) is 23.4 Å².